The predicted octanol–water partition coefficient (Wildman–Crippen LogP) is 17.7. The molecule has 0 N–H and O–H groups in total. The van der Waals surface area contributed by atoms with Crippen molar-refractivity contribution in [2.24, 2.45) is 0 Å². The molecule has 0 saturated heterocycles. The molecule has 1 aromatic heterocycles. The number of benzene rings is 11. The summed E-state index contributed by atoms with van der Waals surface area (Å²) in [6.45, 7) is 4.41. The average Bonchev–Trinajstić information content (AvgIpc) is 3.69. The highest BCUT2D eigenvalue weighted by atomic mass is 15.0. The van der Waals surface area contributed by atoms with E-state index in [1.54, 1.807) is 0 Å². The van der Waals surface area contributed by atoms with E-state index in [0.29, 0.717) is 0 Å². The highest BCUT2D eigenvalue weighted by Crippen LogP contribution is 2.45. The molecule has 0 radical (unpaired) electrons. The van der Waals surface area contributed by atoms with E-state index in [1.807, 2.05) is 0 Å². The Bertz CT molecular complexity index is 3710. The molecular weight excluding hydrogens is 783 g/mol. The fourth-order valence-corrected chi connectivity index (χ4v) is 10.1. The minimum atomic E-state index is 1.16. The summed E-state index contributed by atoms with van der Waals surface area (Å²) in [7, 11) is 0. The second-order valence-corrected chi connectivity index (χ2v) is 17.4. The van der Waals surface area contributed by atoms with E-state index >= 15 is 0 Å². The van der Waals surface area contributed by atoms with Crippen LogP contribution in [-0.4, -0.2) is 4.57 Å². The van der Waals surface area contributed by atoms with Crippen molar-refractivity contribution >= 4 is 43.4 Å². The van der Waals surface area contributed by atoms with Crippen molar-refractivity contribution in [1.82, 2.24) is 4.57 Å². The van der Waals surface area contributed by atoms with Crippen molar-refractivity contribution in [3.05, 3.63) is 248 Å². The van der Waals surface area contributed by atoms with Gasteiger partial charge in [0.05, 0.1) is 11.0 Å². The van der Waals surface area contributed by atoms with Gasteiger partial charge in [-0.25, -0.2) is 0 Å². The summed E-state index contributed by atoms with van der Waals surface area (Å²) in [5.41, 5.74) is 20.8. The first-order valence-corrected chi connectivity index (χ1v) is 22.6. The van der Waals surface area contributed by atoms with Gasteiger partial charge >= 0.3 is 0 Å². The SMILES string of the molecule is Cc1ccc2c(-c3ccc(-c4ccc5c(c4)c4cc(-c6ccccc6)ccc4n5-c4ccccc4)cc3)c3cc(C)ccc3c(-c3ccc(-c4ccc(-c5ccccc5)cc4)cc3)c2c1. The standard InChI is InChI=1S/C64H45N/c1-42-19-35-56-59(38-42)63(50-28-24-48(25-29-50)47-22-20-46(21-23-47)44-12-6-3-7-13-44)55-34-18-43(2)39-60(55)64(56)51-30-26-49(27-31-51)53-33-37-62-58(41-53)57-40-52(45-14-8-4-9-15-45)32-36-61(57)65(62)54-16-10-5-11-17-54/h3-41H,1-2H3. The monoisotopic (exact) mass is 827 g/mol. The molecule has 0 fully saturated rings. The number of fused-ring (bicyclic) bond motifs is 5. The molecular formula is C64H45N. The topological polar surface area (TPSA) is 4.93 Å². The zero-order valence-corrected chi connectivity index (χ0v) is 36.5. The van der Waals surface area contributed by atoms with E-state index in [2.05, 4.69) is 255 Å². The van der Waals surface area contributed by atoms with Gasteiger partial charge in [-0.2, -0.15) is 0 Å². The second kappa shape index (κ2) is 15.8. The van der Waals surface area contributed by atoms with Crippen molar-refractivity contribution in [3.63, 3.8) is 0 Å². The summed E-state index contributed by atoms with van der Waals surface area (Å²) in [5, 5.41) is 7.57. The number of rotatable bonds is 7. The fourth-order valence-electron chi connectivity index (χ4n) is 10.1. The van der Waals surface area contributed by atoms with Crippen LogP contribution in [0.4, 0.5) is 0 Å². The molecule has 11 aromatic carbocycles. The Morgan fingerprint density at radius 3 is 0.969 bits per heavy atom. The van der Waals surface area contributed by atoms with Crippen molar-refractivity contribution in [2.75, 3.05) is 0 Å². The zero-order valence-electron chi connectivity index (χ0n) is 36.5. The molecule has 0 unspecified atom stereocenters. The van der Waals surface area contributed by atoms with Crippen molar-refractivity contribution < 1.29 is 0 Å². The third kappa shape index (κ3) is 6.81. The fraction of sp³-hybridized carbons (Fsp3) is 0.0312. The van der Waals surface area contributed by atoms with Gasteiger partial charge < -0.3 is 4.57 Å². The van der Waals surface area contributed by atoms with Crippen LogP contribution in [0.2, 0.25) is 0 Å². The highest BCUT2D eigenvalue weighted by molar-refractivity contribution is 6.22. The summed E-state index contributed by atoms with van der Waals surface area (Å²) in [5.74, 6) is 0. The third-order valence-corrected chi connectivity index (χ3v) is 13.3. The highest BCUT2D eigenvalue weighted by Gasteiger charge is 2.19. The summed E-state index contributed by atoms with van der Waals surface area (Å²) in [4.78, 5) is 0. The van der Waals surface area contributed by atoms with Crippen LogP contribution in [0.3, 0.4) is 0 Å². The van der Waals surface area contributed by atoms with Gasteiger partial charge in [0.2, 0.25) is 0 Å². The van der Waals surface area contributed by atoms with Gasteiger partial charge in [-0.15, -0.1) is 0 Å². The zero-order chi connectivity index (χ0) is 43.4. The minimum Gasteiger partial charge on any atom is -0.309 e. The van der Waals surface area contributed by atoms with Crippen LogP contribution in [-0.2, 0) is 0 Å². The van der Waals surface area contributed by atoms with E-state index in [9.17, 15) is 0 Å². The Balaban J connectivity index is 0.953. The predicted molar refractivity (Wildman–Crippen MR) is 278 cm³/mol. The summed E-state index contributed by atoms with van der Waals surface area (Å²) in [6.07, 6.45) is 0. The van der Waals surface area contributed by atoms with E-state index in [4.69, 9.17) is 0 Å². The lowest BCUT2D eigenvalue weighted by Gasteiger charge is -2.19. The molecule has 0 amide bonds. The molecule has 0 bridgehead atoms. The van der Waals surface area contributed by atoms with Gasteiger partial charge in [0.1, 0.15) is 0 Å². The molecule has 1 heterocycles. The van der Waals surface area contributed by atoms with Gasteiger partial charge in [-0.1, -0.05) is 211 Å². The molecule has 12 aromatic rings. The smallest absolute Gasteiger partial charge is 0.0541 e. The molecule has 1 heteroatoms. The summed E-state index contributed by atoms with van der Waals surface area (Å²) < 4.78 is 2.40. The first-order valence-electron chi connectivity index (χ1n) is 22.6. The maximum Gasteiger partial charge on any atom is 0.0541 e. The van der Waals surface area contributed by atoms with E-state index in [1.165, 1.54) is 121 Å². The van der Waals surface area contributed by atoms with Crippen molar-refractivity contribution in [3.8, 4) is 72.4 Å². The van der Waals surface area contributed by atoms with E-state index < -0.39 is 0 Å². The third-order valence-electron chi connectivity index (χ3n) is 13.3. The largest absolute Gasteiger partial charge is 0.309 e. The molecule has 65 heavy (non-hydrogen) atoms. The molecule has 0 spiro atoms. The number of aromatic nitrogens is 1. The van der Waals surface area contributed by atoms with Crippen LogP contribution >= 0.6 is 0 Å². The second-order valence-electron chi connectivity index (χ2n) is 17.4. The number of hydrogen-bond acceptors (Lipinski definition) is 0. The van der Waals surface area contributed by atoms with Crippen LogP contribution in [0.5, 0.6) is 0 Å². The van der Waals surface area contributed by atoms with Gasteiger partial charge in [0, 0.05) is 16.5 Å². The molecule has 306 valence electrons. The Morgan fingerprint density at radius 2 is 0.554 bits per heavy atom. The normalized spacial score (nSPS) is 11.5. The Hall–Kier alpha value is -8.26. The van der Waals surface area contributed by atoms with Crippen LogP contribution < -0.4 is 0 Å². The average molecular weight is 828 g/mol. The van der Waals surface area contributed by atoms with Crippen LogP contribution in [0.15, 0.2) is 237 Å². The van der Waals surface area contributed by atoms with E-state index in [0.717, 1.165) is 5.69 Å². The lowest BCUT2D eigenvalue weighted by atomic mass is 9.84. The first kappa shape index (κ1) is 38.4. The molecule has 0 aliphatic rings. The number of aryl methyl sites for hydroxylation is 2. The van der Waals surface area contributed by atoms with Crippen LogP contribution in [0.1, 0.15) is 11.1 Å². The quantitative estimate of drug-likeness (QED) is 0.141. The van der Waals surface area contributed by atoms with Gasteiger partial charge in [-0.3, -0.25) is 0 Å². The number of nitrogens with zero attached hydrogens (tertiary/aromatic N) is 1. The van der Waals surface area contributed by atoms with Gasteiger partial charge in [0.15, 0.2) is 0 Å². The molecule has 0 atom stereocenters. The maximum atomic E-state index is 2.40. The minimum absolute atomic E-state index is 1.16. The molecule has 0 saturated carbocycles. The number of hydrogen-bond donors (Lipinski definition) is 0. The van der Waals surface area contributed by atoms with E-state index in [-0.39, 0.29) is 0 Å². The van der Waals surface area contributed by atoms with Gasteiger partial charge in [0.25, 0.3) is 0 Å². The van der Waals surface area contributed by atoms with Crippen LogP contribution in [0.25, 0.3) is 116 Å². The Morgan fingerprint density at radius 1 is 0.231 bits per heavy atom. The van der Waals surface area contributed by atoms with Crippen molar-refractivity contribution in [2.45, 2.75) is 13.8 Å². The number of para-hydroxylation sites is 1. The molecule has 0 aliphatic carbocycles. The summed E-state index contributed by atoms with van der Waals surface area (Å²) in [6, 6.07) is 87.2. The first-order chi connectivity index (χ1) is 32.0. The molecule has 12 rings (SSSR count). The Labute approximate surface area is 380 Å². The lowest BCUT2D eigenvalue weighted by molar-refractivity contribution is 1.18. The maximum absolute atomic E-state index is 2.40. The van der Waals surface area contributed by atoms with Crippen LogP contribution in [0, 0.1) is 13.8 Å². The van der Waals surface area contributed by atoms with Crippen molar-refractivity contribution in [1.29, 1.82) is 0 Å². The van der Waals surface area contributed by atoms with Gasteiger partial charge in [-0.05, 0) is 139 Å². The lowest BCUT2D eigenvalue weighted by Crippen LogP contribution is -1.93. The summed E-state index contributed by atoms with van der Waals surface area (Å²) >= 11 is 0. The molecule has 1 nitrogen and oxygen atoms in total. The molecule has 0 aliphatic heterocycles. The Kier molecular flexibility index (Phi) is 9.35.